The maximum Gasteiger partial charge on any atom is 0.373 e. The van der Waals surface area contributed by atoms with Gasteiger partial charge in [0.15, 0.2) is 0 Å². The van der Waals surface area contributed by atoms with Crippen LogP contribution >= 0.6 is 0 Å². The van der Waals surface area contributed by atoms with Crippen molar-refractivity contribution in [2.75, 3.05) is 13.7 Å². The first kappa shape index (κ1) is 15.3. The Morgan fingerprint density at radius 1 is 1.29 bits per heavy atom. The lowest BCUT2D eigenvalue weighted by atomic mass is 9.99. The molecule has 0 saturated carbocycles. The number of carbonyl (C=O) groups is 1. The minimum absolute atomic E-state index is 0.0652. The van der Waals surface area contributed by atoms with Gasteiger partial charge in [-0.1, -0.05) is 31.2 Å². The highest BCUT2D eigenvalue weighted by atomic mass is 16.5. The summed E-state index contributed by atoms with van der Waals surface area (Å²) in [5.74, 6) is 0.489. The molecule has 0 amide bonds. The number of ether oxygens (including phenoxy) is 1. The first-order valence-electron chi connectivity index (χ1n) is 7.14. The Balaban J connectivity index is 2.34. The Bertz CT molecular complexity index is 604. The van der Waals surface area contributed by atoms with E-state index >= 15 is 0 Å². The molecular formula is C17H21NO3. The van der Waals surface area contributed by atoms with Crippen molar-refractivity contribution in [2.24, 2.45) is 0 Å². The summed E-state index contributed by atoms with van der Waals surface area (Å²) >= 11 is 0. The highest BCUT2D eigenvalue weighted by Crippen LogP contribution is 2.26. The standard InChI is InChI=1S/C17H21NO3/c1-4-11-18-16(13-8-6-5-7-12(13)2)14-9-10-15(21-14)17(19)20-3/h5-10,16,18H,4,11H2,1-3H3. The van der Waals surface area contributed by atoms with Crippen LogP contribution in [0, 0.1) is 6.92 Å². The van der Waals surface area contributed by atoms with Crippen LogP contribution in [0.2, 0.25) is 0 Å². The van der Waals surface area contributed by atoms with E-state index in [0.29, 0.717) is 0 Å². The molecule has 112 valence electrons. The smallest absolute Gasteiger partial charge is 0.373 e. The molecule has 0 fully saturated rings. The van der Waals surface area contributed by atoms with E-state index in [0.717, 1.165) is 24.3 Å². The van der Waals surface area contributed by atoms with Gasteiger partial charge in [-0.25, -0.2) is 4.79 Å². The lowest BCUT2D eigenvalue weighted by Gasteiger charge is -2.18. The van der Waals surface area contributed by atoms with Gasteiger partial charge in [0, 0.05) is 0 Å². The van der Waals surface area contributed by atoms with Crippen LogP contribution in [0.4, 0.5) is 0 Å². The highest BCUT2D eigenvalue weighted by Gasteiger charge is 2.21. The van der Waals surface area contributed by atoms with Crippen LogP contribution in [0.1, 0.15) is 46.8 Å². The number of benzene rings is 1. The van der Waals surface area contributed by atoms with Crippen molar-refractivity contribution in [3.8, 4) is 0 Å². The number of nitrogens with one attached hydrogen (secondary N) is 1. The second-order valence-corrected chi connectivity index (χ2v) is 4.94. The Morgan fingerprint density at radius 2 is 2.05 bits per heavy atom. The average molecular weight is 287 g/mol. The van der Waals surface area contributed by atoms with Crippen molar-refractivity contribution < 1.29 is 13.9 Å². The molecular weight excluding hydrogens is 266 g/mol. The van der Waals surface area contributed by atoms with E-state index in [4.69, 9.17) is 4.42 Å². The quantitative estimate of drug-likeness (QED) is 0.827. The summed E-state index contributed by atoms with van der Waals surface area (Å²) in [4.78, 5) is 11.5. The fourth-order valence-corrected chi connectivity index (χ4v) is 2.28. The zero-order chi connectivity index (χ0) is 15.2. The minimum Gasteiger partial charge on any atom is -0.463 e. The molecule has 1 aromatic heterocycles. The van der Waals surface area contributed by atoms with E-state index in [1.807, 2.05) is 18.2 Å². The van der Waals surface area contributed by atoms with E-state index in [-0.39, 0.29) is 11.8 Å². The van der Waals surface area contributed by atoms with Gasteiger partial charge in [-0.2, -0.15) is 0 Å². The molecule has 1 atom stereocenters. The van der Waals surface area contributed by atoms with Gasteiger partial charge >= 0.3 is 5.97 Å². The molecule has 2 aromatic rings. The minimum atomic E-state index is -0.458. The number of hydrogen-bond acceptors (Lipinski definition) is 4. The van der Waals surface area contributed by atoms with E-state index in [1.54, 1.807) is 6.07 Å². The summed E-state index contributed by atoms with van der Waals surface area (Å²) < 4.78 is 10.4. The van der Waals surface area contributed by atoms with Gasteiger partial charge in [-0.05, 0) is 43.1 Å². The van der Waals surface area contributed by atoms with Crippen molar-refractivity contribution in [3.05, 3.63) is 59.0 Å². The maximum atomic E-state index is 11.5. The third kappa shape index (κ3) is 3.52. The summed E-state index contributed by atoms with van der Waals surface area (Å²) in [6.07, 6.45) is 1.02. The van der Waals surface area contributed by atoms with Gasteiger partial charge in [0.25, 0.3) is 0 Å². The first-order valence-corrected chi connectivity index (χ1v) is 7.14. The van der Waals surface area contributed by atoms with E-state index in [2.05, 4.69) is 36.0 Å². The molecule has 21 heavy (non-hydrogen) atoms. The van der Waals surface area contributed by atoms with Gasteiger partial charge in [-0.3, -0.25) is 0 Å². The molecule has 1 heterocycles. The second-order valence-electron chi connectivity index (χ2n) is 4.94. The van der Waals surface area contributed by atoms with Gasteiger partial charge < -0.3 is 14.5 Å². The second kappa shape index (κ2) is 7.09. The number of methoxy groups -OCH3 is 1. The number of furan rings is 1. The van der Waals surface area contributed by atoms with Crippen LogP contribution in [0.5, 0.6) is 0 Å². The van der Waals surface area contributed by atoms with E-state index in [1.165, 1.54) is 12.7 Å². The molecule has 1 N–H and O–H groups in total. The monoisotopic (exact) mass is 287 g/mol. The lowest BCUT2D eigenvalue weighted by Crippen LogP contribution is -2.23. The van der Waals surface area contributed by atoms with Crippen molar-refractivity contribution in [1.29, 1.82) is 0 Å². The number of hydrogen-bond donors (Lipinski definition) is 1. The van der Waals surface area contributed by atoms with Crippen LogP contribution in [-0.4, -0.2) is 19.6 Å². The summed E-state index contributed by atoms with van der Waals surface area (Å²) in [6, 6.07) is 11.6. The zero-order valence-corrected chi connectivity index (χ0v) is 12.7. The molecule has 1 unspecified atom stereocenters. The summed E-state index contributed by atoms with van der Waals surface area (Å²) in [6.45, 7) is 5.05. The van der Waals surface area contributed by atoms with E-state index in [9.17, 15) is 4.79 Å². The first-order chi connectivity index (χ1) is 10.2. The third-order valence-electron chi connectivity index (χ3n) is 3.40. The fourth-order valence-electron chi connectivity index (χ4n) is 2.28. The normalized spacial score (nSPS) is 12.1. The number of carbonyl (C=O) groups excluding carboxylic acids is 1. The molecule has 0 radical (unpaired) electrons. The highest BCUT2D eigenvalue weighted by molar-refractivity contribution is 5.86. The van der Waals surface area contributed by atoms with Gasteiger partial charge in [0.2, 0.25) is 5.76 Å². The topological polar surface area (TPSA) is 51.5 Å². The van der Waals surface area contributed by atoms with Gasteiger partial charge in [0.1, 0.15) is 5.76 Å². The number of esters is 1. The molecule has 4 heteroatoms. The predicted molar refractivity (Wildman–Crippen MR) is 81.4 cm³/mol. The summed E-state index contributed by atoms with van der Waals surface area (Å²) in [5.41, 5.74) is 2.33. The molecule has 0 saturated heterocycles. The molecule has 0 aliphatic carbocycles. The Kier molecular flexibility index (Phi) is 5.17. The molecule has 2 rings (SSSR count). The zero-order valence-electron chi connectivity index (χ0n) is 12.7. The fraction of sp³-hybridized carbons (Fsp3) is 0.353. The van der Waals surface area contributed by atoms with Crippen LogP contribution in [0.15, 0.2) is 40.8 Å². The Hall–Kier alpha value is -2.07. The SMILES string of the molecule is CCCNC(c1ccc(C(=O)OC)o1)c1ccccc1C. The molecule has 0 aliphatic rings. The maximum absolute atomic E-state index is 11.5. The van der Waals surface area contributed by atoms with Crippen molar-refractivity contribution >= 4 is 5.97 Å². The molecule has 0 aliphatic heterocycles. The van der Waals surface area contributed by atoms with Crippen LogP contribution in [0.3, 0.4) is 0 Å². The van der Waals surface area contributed by atoms with Crippen molar-refractivity contribution in [3.63, 3.8) is 0 Å². The molecule has 0 spiro atoms. The Labute approximate surface area is 125 Å². The molecule has 0 bridgehead atoms. The van der Waals surface area contributed by atoms with E-state index < -0.39 is 5.97 Å². The lowest BCUT2D eigenvalue weighted by molar-refractivity contribution is 0.0562. The van der Waals surface area contributed by atoms with Crippen LogP contribution in [0.25, 0.3) is 0 Å². The molecule has 1 aromatic carbocycles. The van der Waals surface area contributed by atoms with Gasteiger partial charge in [-0.15, -0.1) is 0 Å². The largest absolute Gasteiger partial charge is 0.463 e. The number of aryl methyl sites for hydroxylation is 1. The Morgan fingerprint density at radius 3 is 2.71 bits per heavy atom. The average Bonchev–Trinajstić information content (AvgIpc) is 2.98. The number of rotatable bonds is 6. The molecule has 4 nitrogen and oxygen atoms in total. The van der Waals surface area contributed by atoms with Crippen LogP contribution in [-0.2, 0) is 4.74 Å². The summed E-state index contributed by atoms with van der Waals surface area (Å²) in [5, 5.41) is 3.47. The van der Waals surface area contributed by atoms with Crippen molar-refractivity contribution in [1.82, 2.24) is 5.32 Å². The third-order valence-corrected chi connectivity index (χ3v) is 3.40. The van der Waals surface area contributed by atoms with Crippen molar-refractivity contribution in [2.45, 2.75) is 26.3 Å². The van der Waals surface area contributed by atoms with Gasteiger partial charge in [0.05, 0.1) is 13.2 Å². The summed E-state index contributed by atoms with van der Waals surface area (Å²) in [7, 11) is 1.35. The van der Waals surface area contributed by atoms with Crippen LogP contribution < -0.4 is 5.32 Å². The predicted octanol–water partition coefficient (Wildman–Crippen LogP) is 3.46.